The number of hydrogen-bond donors (Lipinski definition) is 2. The molecule has 0 aliphatic rings. The van der Waals surface area contributed by atoms with Gasteiger partial charge >= 0.3 is 5.97 Å². The van der Waals surface area contributed by atoms with E-state index in [0.717, 1.165) is 0 Å². The number of imidazole rings is 1. The molecule has 0 aromatic carbocycles. The van der Waals surface area contributed by atoms with E-state index in [1.165, 1.54) is 6.20 Å². The van der Waals surface area contributed by atoms with E-state index in [2.05, 4.69) is 10.1 Å². The largest absolute Gasteiger partial charge is 0.476 e. The fourth-order valence-electron chi connectivity index (χ4n) is 1.25. The van der Waals surface area contributed by atoms with Crippen LogP contribution in [0.4, 0.5) is 0 Å². The van der Waals surface area contributed by atoms with Crippen LogP contribution in [-0.4, -0.2) is 31.4 Å². The van der Waals surface area contributed by atoms with E-state index in [1.54, 1.807) is 28.8 Å². The lowest BCUT2D eigenvalue weighted by Gasteiger charge is -1.90. The van der Waals surface area contributed by atoms with E-state index in [9.17, 15) is 4.79 Å². The number of carboxylic acids is 1. The van der Waals surface area contributed by atoms with Crippen molar-refractivity contribution in [2.45, 2.75) is 0 Å². The van der Waals surface area contributed by atoms with Gasteiger partial charge in [0, 0.05) is 12.4 Å². The average molecular weight is 205 g/mol. The van der Waals surface area contributed by atoms with E-state index >= 15 is 0 Å². The van der Waals surface area contributed by atoms with E-state index in [0.29, 0.717) is 5.65 Å². The highest BCUT2D eigenvalue weighted by molar-refractivity contribution is 6.41. The highest BCUT2D eigenvalue weighted by Crippen LogP contribution is 2.05. The molecule has 2 aromatic heterocycles. The van der Waals surface area contributed by atoms with Crippen molar-refractivity contribution in [3.63, 3.8) is 0 Å². The van der Waals surface area contributed by atoms with Crippen molar-refractivity contribution in [1.29, 1.82) is 0 Å². The number of fused-ring (bicyclic) bond motifs is 1. The van der Waals surface area contributed by atoms with Gasteiger partial charge in [0.1, 0.15) is 11.3 Å². The Hall–Kier alpha value is -2.37. The Balaban J connectivity index is 2.58. The lowest BCUT2D eigenvalue weighted by atomic mass is 10.3. The Bertz CT molecular complexity index is 511. The Morgan fingerprint density at radius 1 is 1.47 bits per heavy atom. The van der Waals surface area contributed by atoms with Crippen LogP contribution >= 0.6 is 0 Å². The molecule has 0 radical (unpaired) electrons. The molecule has 6 heteroatoms. The van der Waals surface area contributed by atoms with Gasteiger partial charge in [0.2, 0.25) is 5.71 Å². The second-order valence-electron chi connectivity index (χ2n) is 2.85. The summed E-state index contributed by atoms with van der Waals surface area (Å²) in [6.45, 7) is 0. The summed E-state index contributed by atoms with van der Waals surface area (Å²) in [6.07, 6.45) is 3.21. The standard InChI is InChI=1S/C9H7N3O3/c13-9(14)8(11-15)6-5-12-4-2-1-3-7(12)10-6/h1-5,15H,(H,13,14)/b11-8-. The van der Waals surface area contributed by atoms with Crippen molar-refractivity contribution >= 4 is 17.3 Å². The molecular weight excluding hydrogens is 198 g/mol. The Morgan fingerprint density at radius 3 is 2.87 bits per heavy atom. The molecule has 0 unspecified atom stereocenters. The van der Waals surface area contributed by atoms with Crippen molar-refractivity contribution < 1.29 is 15.1 Å². The van der Waals surface area contributed by atoms with Gasteiger partial charge in [-0.3, -0.25) is 0 Å². The van der Waals surface area contributed by atoms with Gasteiger partial charge in [0.05, 0.1) is 0 Å². The summed E-state index contributed by atoms with van der Waals surface area (Å²) < 4.78 is 1.64. The van der Waals surface area contributed by atoms with Crippen molar-refractivity contribution in [3.05, 3.63) is 36.3 Å². The number of nitrogens with zero attached hydrogens (tertiary/aromatic N) is 3. The van der Waals surface area contributed by atoms with Gasteiger partial charge in [-0.05, 0) is 12.1 Å². The van der Waals surface area contributed by atoms with E-state index in [-0.39, 0.29) is 5.69 Å². The molecule has 0 bridgehead atoms. The van der Waals surface area contributed by atoms with Crippen LogP contribution in [0.15, 0.2) is 35.7 Å². The minimum atomic E-state index is -1.32. The van der Waals surface area contributed by atoms with Gasteiger partial charge in [-0.25, -0.2) is 9.78 Å². The van der Waals surface area contributed by atoms with Gasteiger partial charge in [0.15, 0.2) is 0 Å². The molecule has 0 aliphatic carbocycles. The van der Waals surface area contributed by atoms with Gasteiger partial charge < -0.3 is 14.7 Å². The first-order valence-corrected chi connectivity index (χ1v) is 4.12. The molecule has 6 nitrogen and oxygen atoms in total. The number of carboxylic acid groups (broad SMARTS) is 1. The minimum Gasteiger partial charge on any atom is -0.476 e. The van der Waals surface area contributed by atoms with Gasteiger partial charge in [0.25, 0.3) is 0 Å². The molecule has 0 atom stereocenters. The van der Waals surface area contributed by atoms with Crippen LogP contribution in [0.3, 0.4) is 0 Å². The highest BCUT2D eigenvalue weighted by Gasteiger charge is 2.16. The van der Waals surface area contributed by atoms with Crippen molar-refractivity contribution in [3.8, 4) is 0 Å². The number of pyridine rings is 1. The third-order valence-electron chi connectivity index (χ3n) is 1.91. The monoisotopic (exact) mass is 205 g/mol. The van der Waals surface area contributed by atoms with Crippen LogP contribution in [0.1, 0.15) is 5.69 Å². The Morgan fingerprint density at radius 2 is 2.27 bits per heavy atom. The van der Waals surface area contributed by atoms with Crippen LogP contribution < -0.4 is 0 Å². The van der Waals surface area contributed by atoms with E-state index in [4.69, 9.17) is 10.3 Å². The zero-order valence-electron chi connectivity index (χ0n) is 7.53. The summed E-state index contributed by atoms with van der Waals surface area (Å²) in [5.74, 6) is -1.32. The maximum absolute atomic E-state index is 10.7. The van der Waals surface area contributed by atoms with E-state index in [1.807, 2.05) is 0 Å². The molecule has 0 saturated carbocycles. The first kappa shape index (κ1) is 9.20. The SMILES string of the molecule is O=C(O)/C(=N\O)c1cn2ccccc2n1. The van der Waals surface area contributed by atoms with Crippen LogP contribution in [0.25, 0.3) is 5.65 Å². The predicted molar refractivity (Wildman–Crippen MR) is 51.2 cm³/mol. The normalized spacial score (nSPS) is 11.9. The summed E-state index contributed by atoms with van der Waals surface area (Å²) in [7, 11) is 0. The smallest absolute Gasteiger partial charge is 0.360 e. The van der Waals surface area contributed by atoms with Crippen LogP contribution in [-0.2, 0) is 4.79 Å². The average Bonchev–Trinajstić information content (AvgIpc) is 2.61. The summed E-state index contributed by atoms with van der Waals surface area (Å²) in [6, 6.07) is 5.29. The van der Waals surface area contributed by atoms with Crippen molar-refractivity contribution in [1.82, 2.24) is 9.38 Å². The number of rotatable bonds is 2. The fraction of sp³-hybridized carbons (Fsp3) is 0. The number of carbonyl (C=O) groups is 1. The second-order valence-corrected chi connectivity index (χ2v) is 2.85. The molecule has 2 heterocycles. The zero-order valence-corrected chi connectivity index (χ0v) is 7.53. The molecule has 0 amide bonds. The molecule has 2 N–H and O–H groups in total. The Kier molecular flexibility index (Phi) is 2.09. The van der Waals surface area contributed by atoms with E-state index < -0.39 is 11.7 Å². The summed E-state index contributed by atoms with van der Waals surface area (Å²) in [4.78, 5) is 14.7. The highest BCUT2D eigenvalue weighted by atomic mass is 16.4. The molecule has 2 aromatic rings. The van der Waals surface area contributed by atoms with Gasteiger partial charge in [-0.1, -0.05) is 11.2 Å². The molecular formula is C9H7N3O3. The van der Waals surface area contributed by atoms with Crippen LogP contribution in [0, 0.1) is 0 Å². The summed E-state index contributed by atoms with van der Waals surface area (Å²) in [5, 5.41) is 19.9. The predicted octanol–water partition coefficient (Wildman–Crippen LogP) is 0.597. The lowest BCUT2D eigenvalue weighted by molar-refractivity contribution is -0.129. The van der Waals surface area contributed by atoms with Crippen LogP contribution in [0.5, 0.6) is 0 Å². The number of oxime groups is 1. The first-order chi connectivity index (χ1) is 7.22. The number of hydrogen-bond acceptors (Lipinski definition) is 4. The van der Waals surface area contributed by atoms with Crippen molar-refractivity contribution in [2.24, 2.45) is 5.16 Å². The lowest BCUT2D eigenvalue weighted by Crippen LogP contribution is -2.14. The molecule has 15 heavy (non-hydrogen) atoms. The topological polar surface area (TPSA) is 87.2 Å². The molecule has 0 spiro atoms. The number of aliphatic carboxylic acids is 1. The maximum atomic E-state index is 10.7. The molecule has 0 fully saturated rings. The molecule has 0 aliphatic heterocycles. The van der Waals surface area contributed by atoms with Crippen LogP contribution in [0.2, 0.25) is 0 Å². The molecule has 2 rings (SSSR count). The van der Waals surface area contributed by atoms with Crippen molar-refractivity contribution in [2.75, 3.05) is 0 Å². The van der Waals surface area contributed by atoms with Gasteiger partial charge in [-0.15, -0.1) is 0 Å². The third-order valence-corrected chi connectivity index (χ3v) is 1.91. The van der Waals surface area contributed by atoms with Gasteiger partial charge in [-0.2, -0.15) is 0 Å². The quantitative estimate of drug-likeness (QED) is 0.427. The number of aromatic nitrogens is 2. The zero-order chi connectivity index (χ0) is 10.8. The minimum absolute atomic E-state index is 0.121. The fourth-order valence-corrected chi connectivity index (χ4v) is 1.25. The first-order valence-electron chi connectivity index (χ1n) is 4.12. The summed E-state index contributed by atoms with van der Waals surface area (Å²) >= 11 is 0. The Labute approximate surface area is 84.1 Å². The summed E-state index contributed by atoms with van der Waals surface area (Å²) in [5.41, 5.74) is 0.241. The maximum Gasteiger partial charge on any atom is 0.360 e. The third kappa shape index (κ3) is 1.52. The molecule has 76 valence electrons. The second kappa shape index (κ2) is 3.41. The molecule has 0 saturated heterocycles.